The molecule has 3 atom stereocenters. The number of oxazole rings is 1. The summed E-state index contributed by atoms with van der Waals surface area (Å²) in [6.45, 7) is 1.99. The highest BCUT2D eigenvalue weighted by molar-refractivity contribution is 5.97. The minimum absolute atomic E-state index is 0.0194. The van der Waals surface area contributed by atoms with Crippen LogP contribution in [0, 0.1) is 0 Å². The quantitative estimate of drug-likeness (QED) is 0.397. The number of amides is 4. The number of benzene rings is 1. The Labute approximate surface area is 219 Å². The molecule has 0 saturated carbocycles. The van der Waals surface area contributed by atoms with Crippen molar-refractivity contribution in [3.63, 3.8) is 0 Å². The van der Waals surface area contributed by atoms with E-state index in [2.05, 4.69) is 36.4 Å². The average Bonchev–Trinajstić information content (AvgIpc) is 3.43. The van der Waals surface area contributed by atoms with E-state index in [1.165, 1.54) is 24.7 Å². The molecule has 4 N–H and O–H groups in total. The number of nitrogens with one attached hydrogen (secondary N) is 4. The molecule has 2 aromatic heterocycles. The monoisotopic (exact) mass is 519 g/mol. The van der Waals surface area contributed by atoms with Crippen LogP contribution in [0.5, 0.6) is 0 Å². The van der Waals surface area contributed by atoms with E-state index in [1.54, 1.807) is 6.92 Å². The standard InChI is InChI=1S/C26H29N7O5/c1-16-26-33-21(15-38-26)25(37)32-20(13-17-7-3-2-4-8-17)23(35)27-11-6-5-9-19(24(36)30-16)31-22(34)18-10-12-28-29-14-18/h2-4,7-8,10,12,14-16,19-20H,5-6,9,11,13H2,1H3,(H,27,35)(H,30,36)(H,31,34)(H,32,37)/t16-,19-,20-/m0/s1. The average molecular weight is 520 g/mol. The fraction of sp³-hybridized carbons (Fsp3) is 0.346. The second-order valence-electron chi connectivity index (χ2n) is 8.96. The van der Waals surface area contributed by atoms with Crippen molar-refractivity contribution in [2.24, 2.45) is 0 Å². The van der Waals surface area contributed by atoms with E-state index in [-0.39, 0.29) is 23.1 Å². The highest BCUT2D eigenvalue weighted by atomic mass is 16.3. The van der Waals surface area contributed by atoms with Crippen LogP contribution in [-0.2, 0) is 16.0 Å². The molecule has 0 unspecified atom stereocenters. The summed E-state index contributed by atoms with van der Waals surface area (Å²) in [5.41, 5.74) is 1.14. The molecule has 3 heterocycles. The summed E-state index contributed by atoms with van der Waals surface area (Å²) in [7, 11) is 0. The first-order valence-electron chi connectivity index (χ1n) is 12.4. The van der Waals surface area contributed by atoms with Gasteiger partial charge >= 0.3 is 0 Å². The van der Waals surface area contributed by atoms with Gasteiger partial charge in [-0.25, -0.2) is 4.98 Å². The maximum atomic E-state index is 13.1. The van der Waals surface area contributed by atoms with Crippen LogP contribution in [0.25, 0.3) is 0 Å². The van der Waals surface area contributed by atoms with Gasteiger partial charge in [0.05, 0.1) is 18.0 Å². The highest BCUT2D eigenvalue weighted by Crippen LogP contribution is 2.14. The molecule has 0 aliphatic carbocycles. The lowest BCUT2D eigenvalue weighted by molar-refractivity contribution is -0.124. The van der Waals surface area contributed by atoms with Crippen LogP contribution in [0.3, 0.4) is 0 Å². The van der Waals surface area contributed by atoms with Gasteiger partial charge in [-0.15, -0.1) is 0 Å². The molecule has 198 valence electrons. The third kappa shape index (κ3) is 6.99. The summed E-state index contributed by atoms with van der Waals surface area (Å²) in [6.07, 6.45) is 5.61. The van der Waals surface area contributed by atoms with Crippen molar-refractivity contribution in [2.45, 2.75) is 50.7 Å². The van der Waals surface area contributed by atoms with Crippen molar-refractivity contribution in [2.75, 3.05) is 6.54 Å². The molecule has 0 spiro atoms. The summed E-state index contributed by atoms with van der Waals surface area (Å²) in [6, 6.07) is 8.51. The van der Waals surface area contributed by atoms with E-state index in [4.69, 9.17) is 4.42 Å². The second kappa shape index (κ2) is 12.6. The number of hydrogen-bond donors (Lipinski definition) is 4. The van der Waals surface area contributed by atoms with Crippen molar-refractivity contribution < 1.29 is 23.6 Å². The van der Waals surface area contributed by atoms with Crippen LogP contribution in [-0.4, -0.2) is 57.4 Å². The first-order valence-corrected chi connectivity index (χ1v) is 12.4. The third-order valence-corrected chi connectivity index (χ3v) is 6.08. The molecule has 0 saturated heterocycles. The summed E-state index contributed by atoms with van der Waals surface area (Å²) in [4.78, 5) is 55.8. The van der Waals surface area contributed by atoms with Crippen LogP contribution in [0.1, 0.15) is 64.5 Å². The summed E-state index contributed by atoms with van der Waals surface area (Å²) in [5, 5.41) is 18.5. The van der Waals surface area contributed by atoms with Crippen molar-refractivity contribution in [1.82, 2.24) is 36.4 Å². The van der Waals surface area contributed by atoms with Gasteiger partial charge < -0.3 is 25.7 Å². The highest BCUT2D eigenvalue weighted by Gasteiger charge is 2.27. The topological polar surface area (TPSA) is 168 Å². The molecule has 4 amide bonds. The lowest BCUT2D eigenvalue weighted by Crippen LogP contribution is -2.49. The first-order chi connectivity index (χ1) is 18.4. The number of aromatic nitrogens is 3. The molecule has 12 heteroatoms. The molecule has 0 radical (unpaired) electrons. The molecule has 3 aromatic rings. The smallest absolute Gasteiger partial charge is 0.273 e. The molecule has 1 aliphatic rings. The van der Waals surface area contributed by atoms with Gasteiger partial charge in [-0.2, -0.15) is 10.2 Å². The predicted octanol–water partition coefficient (Wildman–Crippen LogP) is 1.08. The van der Waals surface area contributed by atoms with Crippen LogP contribution < -0.4 is 21.3 Å². The predicted molar refractivity (Wildman–Crippen MR) is 135 cm³/mol. The lowest BCUT2D eigenvalue weighted by Gasteiger charge is -2.21. The Morgan fingerprint density at radius 1 is 1.05 bits per heavy atom. The molecule has 1 aromatic carbocycles. The molecular formula is C26H29N7O5. The maximum Gasteiger partial charge on any atom is 0.273 e. The van der Waals surface area contributed by atoms with Gasteiger partial charge in [-0.3, -0.25) is 19.2 Å². The Hall–Kier alpha value is -4.61. The number of carbonyl (C=O) groups excluding carboxylic acids is 4. The van der Waals surface area contributed by atoms with E-state index >= 15 is 0 Å². The van der Waals surface area contributed by atoms with E-state index in [9.17, 15) is 19.2 Å². The lowest BCUT2D eigenvalue weighted by atomic mass is 10.0. The molecule has 0 fully saturated rings. The van der Waals surface area contributed by atoms with E-state index in [0.29, 0.717) is 32.2 Å². The van der Waals surface area contributed by atoms with Gasteiger partial charge in [-0.1, -0.05) is 30.3 Å². The van der Waals surface area contributed by atoms with Crippen LogP contribution in [0.4, 0.5) is 0 Å². The Morgan fingerprint density at radius 2 is 1.87 bits per heavy atom. The molecule has 4 rings (SSSR count). The van der Waals surface area contributed by atoms with Crippen molar-refractivity contribution in [3.8, 4) is 0 Å². The second-order valence-corrected chi connectivity index (χ2v) is 8.96. The zero-order valence-corrected chi connectivity index (χ0v) is 20.8. The van der Waals surface area contributed by atoms with Gasteiger partial charge in [-0.05, 0) is 37.8 Å². The van der Waals surface area contributed by atoms with Gasteiger partial charge in [0.15, 0.2) is 5.69 Å². The number of carbonyl (C=O) groups is 4. The molecular weight excluding hydrogens is 490 g/mol. The normalized spacial score (nSPS) is 21.1. The van der Waals surface area contributed by atoms with E-state index in [0.717, 1.165) is 5.56 Å². The Kier molecular flexibility index (Phi) is 8.75. The SMILES string of the molecule is C[C@@H]1NC(=O)[C@@H](NC(=O)c2ccnnc2)CCCCNC(=O)[C@H](Cc2ccccc2)NC(=O)c2coc1n2. The number of hydrogen-bond acceptors (Lipinski definition) is 8. The zero-order chi connectivity index (χ0) is 26.9. The van der Waals surface area contributed by atoms with E-state index < -0.39 is 35.8 Å². The molecule has 12 nitrogen and oxygen atoms in total. The van der Waals surface area contributed by atoms with Gasteiger partial charge in [0.2, 0.25) is 17.7 Å². The van der Waals surface area contributed by atoms with Crippen molar-refractivity contribution >= 4 is 23.6 Å². The zero-order valence-electron chi connectivity index (χ0n) is 20.8. The van der Waals surface area contributed by atoms with Crippen LogP contribution >= 0.6 is 0 Å². The molecule has 1 aliphatic heterocycles. The molecule has 38 heavy (non-hydrogen) atoms. The summed E-state index contributed by atoms with van der Waals surface area (Å²) in [5.74, 6) is -1.69. The first kappa shape index (κ1) is 26.5. The number of rotatable bonds is 4. The maximum absolute atomic E-state index is 13.1. The molecule has 2 bridgehead atoms. The minimum Gasteiger partial charge on any atom is -0.446 e. The van der Waals surface area contributed by atoms with Gasteiger partial charge in [0, 0.05) is 13.0 Å². The Bertz CT molecular complexity index is 1270. The van der Waals surface area contributed by atoms with Crippen LogP contribution in [0.2, 0.25) is 0 Å². The minimum atomic E-state index is -0.856. The summed E-state index contributed by atoms with van der Waals surface area (Å²) >= 11 is 0. The third-order valence-electron chi connectivity index (χ3n) is 6.08. The van der Waals surface area contributed by atoms with Gasteiger partial charge in [0.1, 0.15) is 24.4 Å². The number of nitrogens with zero attached hydrogens (tertiary/aromatic N) is 3. The Morgan fingerprint density at radius 3 is 2.63 bits per heavy atom. The fourth-order valence-corrected chi connectivity index (χ4v) is 4.00. The largest absolute Gasteiger partial charge is 0.446 e. The van der Waals surface area contributed by atoms with Crippen molar-refractivity contribution in [1.29, 1.82) is 0 Å². The fourth-order valence-electron chi connectivity index (χ4n) is 4.00. The number of fused-ring (bicyclic) bond motifs is 2. The Balaban J connectivity index is 1.52. The van der Waals surface area contributed by atoms with Gasteiger partial charge in [0.25, 0.3) is 11.8 Å². The van der Waals surface area contributed by atoms with Crippen LogP contribution in [0.15, 0.2) is 59.5 Å². The van der Waals surface area contributed by atoms with E-state index in [1.807, 2.05) is 30.3 Å². The summed E-state index contributed by atoms with van der Waals surface area (Å²) < 4.78 is 5.45. The van der Waals surface area contributed by atoms with Crippen molar-refractivity contribution in [3.05, 3.63) is 77.8 Å².